The van der Waals surface area contributed by atoms with Crippen LogP contribution >= 0.6 is 11.6 Å². The van der Waals surface area contributed by atoms with E-state index in [1.807, 2.05) is 0 Å². The van der Waals surface area contributed by atoms with Gasteiger partial charge in [0.1, 0.15) is 17.3 Å². The van der Waals surface area contributed by atoms with E-state index in [-0.39, 0.29) is 22.1 Å². The first kappa shape index (κ1) is 16.8. The number of benzene rings is 3. The number of hydrogen-bond acceptors (Lipinski definition) is 3. The van der Waals surface area contributed by atoms with Gasteiger partial charge in [-0.25, -0.2) is 4.39 Å². The summed E-state index contributed by atoms with van der Waals surface area (Å²) in [7, 11) is 0. The Balaban J connectivity index is 1.89. The molecule has 0 aromatic heterocycles. The highest BCUT2D eigenvalue weighted by atomic mass is 35.5. The predicted octanol–water partition coefficient (Wildman–Crippen LogP) is 4.81. The quantitative estimate of drug-likeness (QED) is 0.589. The number of carbonyl (C=O) groups excluding carboxylic acids is 1. The maximum atomic E-state index is 13.1. The minimum atomic E-state index is -0.527. The molecule has 25 heavy (non-hydrogen) atoms. The van der Waals surface area contributed by atoms with E-state index in [4.69, 9.17) is 11.6 Å². The lowest BCUT2D eigenvalue weighted by Gasteiger charge is -2.10. The molecule has 0 spiro atoms. The fourth-order valence-corrected chi connectivity index (χ4v) is 2.61. The summed E-state index contributed by atoms with van der Waals surface area (Å²) in [4.78, 5) is 12.3. The summed E-state index contributed by atoms with van der Waals surface area (Å²) >= 11 is 5.89. The minimum Gasteiger partial charge on any atom is -0.508 e. The van der Waals surface area contributed by atoms with Gasteiger partial charge in [0.25, 0.3) is 5.91 Å². The zero-order valence-corrected chi connectivity index (χ0v) is 13.6. The first-order valence-electron chi connectivity index (χ1n) is 7.33. The summed E-state index contributed by atoms with van der Waals surface area (Å²) < 4.78 is 13.1. The van der Waals surface area contributed by atoms with E-state index < -0.39 is 11.7 Å². The first-order chi connectivity index (χ1) is 11.9. The molecule has 0 aliphatic carbocycles. The van der Waals surface area contributed by atoms with Gasteiger partial charge in [0, 0.05) is 11.3 Å². The largest absolute Gasteiger partial charge is 0.508 e. The molecular formula is C19H13ClFNO3. The molecule has 0 unspecified atom stereocenters. The molecule has 6 heteroatoms. The third-order valence-electron chi connectivity index (χ3n) is 3.61. The maximum Gasteiger partial charge on any atom is 0.257 e. The average molecular weight is 358 g/mol. The molecule has 0 saturated heterocycles. The minimum absolute atomic E-state index is 0.00929. The van der Waals surface area contributed by atoms with Crippen molar-refractivity contribution < 1.29 is 19.4 Å². The van der Waals surface area contributed by atoms with Gasteiger partial charge in [-0.2, -0.15) is 0 Å². The van der Waals surface area contributed by atoms with Gasteiger partial charge in [-0.3, -0.25) is 4.79 Å². The molecule has 3 rings (SSSR count). The zero-order chi connectivity index (χ0) is 18.0. The molecule has 0 fully saturated rings. The van der Waals surface area contributed by atoms with E-state index in [1.54, 1.807) is 18.2 Å². The van der Waals surface area contributed by atoms with E-state index in [0.717, 1.165) is 12.1 Å². The number of carbonyl (C=O) groups is 1. The van der Waals surface area contributed by atoms with Gasteiger partial charge in [0.15, 0.2) is 0 Å². The molecule has 0 heterocycles. The number of rotatable bonds is 3. The molecule has 3 N–H and O–H groups in total. The normalized spacial score (nSPS) is 10.5. The van der Waals surface area contributed by atoms with E-state index in [9.17, 15) is 19.4 Å². The molecular weight excluding hydrogens is 345 g/mol. The molecule has 0 bridgehead atoms. The first-order valence-corrected chi connectivity index (χ1v) is 7.70. The summed E-state index contributed by atoms with van der Waals surface area (Å²) in [5.74, 6) is -0.879. The molecule has 0 atom stereocenters. The van der Waals surface area contributed by atoms with Crippen molar-refractivity contribution in [3.63, 3.8) is 0 Å². The van der Waals surface area contributed by atoms with Crippen LogP contribution in [0.25, 0.3) is 11.1 Å². The molecule has 3 aromatic carbocycles. The number of halogens is 2. The van der Waals surface area contributed by atoms with Crippen molar-refractivity contribution in [1.82, 2.24) is 0 Å². The van der Waals surface area contributed by atoms with Gasteiger partial charge >= 0.3 is 0 Å². The van der Waals surface area contributed by atoms with Crippen LogP contribution < -0.4 is 5.32 Å². The highest BCUT2D eigenvalue weighted by Gasteiger charge is 2.13. The standard InChI is InChI=1S/C19H13ClFNO3/c20-17-9-12(21)3-7-15(17)19(25)22-13-4-8-18(24)16(10-13)11-1-5-14(23)6-2-11/h1-10,23-24H,(H,22,25). The Morgan fingerprint density at radius 3 is 2.36 bits per heavy atom. The number of phenols is 2. The number of aromatic hydroxyl groups is 2. The van der Waals surface area contributed by atoms with Crippen LogP contribution in [-0.4, -0.2) is 16.1 Å². The van der Waals surface area contributed by atoms with Crippen LogP contribution in [0.1, 0.15) is 10.4 Å². The molecule has 0 aliphatic heterocycles. The average Bonchev–Trinajstić information content (AvgIpc) is 2.57. The Morgan fingerprint density at radius 1 is 0.960 bits per heavy atom. The number of nitrogens with one attached hydrogen (secondary N) is 1. The highest BCUT2D eigenvalue weighted by Crippen LogP contribution is 2.33. The number of phenolic OH excluding ortho intramolecular Hbond substituents is 2. The molecule has 126 valence electrons. The van der Waals surface area contributed by atoms with Crippen LogP contribution in [0.2, 0.25) is 5.02 Å². The van der Waals surface area contributed by atoms with Crippen molar-refractivity contribution >= 4 is 23.2 Å². The van der Waals surface area contributed by atoms with Crippen molar-refractivity contribution in [1.29, 1.82) is 0 Å². The molecule has 3 aromatic rings. The SMILES string of the molecule is O=C(Nc1ccc(O)c(-c2ccc(O)cc2)c1)c1ccc(F)cc1Cl. The fourth-order valence-electron chi connectivity index (χ4n) is 2.36. The van der Waals surface area contributed by atoms with Crippen LogP contribution in [0, 0.1) is 5.82 Å². The Morgan fingerprint density at radius 2 is 1.68 bits per heavy atom. The highest BCUT2D eigenvalue weighted by molar-refractivity contribution is 6.34. The van der Waals surface area contributed by atoms with Gasteiger partial charge in [0.2, 0.25) is 0 Å². The van der Waals surface area contributed by atoms with Gasteiger partial charge in [-0.05, 0) is 54.1 Å². The molecule has 0 aliphatic rings. The van der Waals surface area contributed by atoms with Crippen LogP contribution in [0.5, 0.6) is 11.5 Å². The monoisotopic (exact) mass is 357 g/mol. The van der Waals surface area contributed by atoms with Crippen LogP contribution in [0.4, 0.5) is 10.1 Å². The van der Waals surface area contributed by atoms with Crippen molar-refractivity contribution in [3.8, 4) is 22.6 Å². The topological polar surface area (TPSA) is 69.6 Å². The van der Waals surface area contributed by atoms with Gasteiger partial charge < -0.3 is 15.5 Å². The maximum absolute atomic E-state index is 13.1. The Bertz CT molecular complexity index is 942. The van der Waals surface area contributed by atoms with Gasteiger partial charge in [0.05, 0.1) is 10.6 Å². The zero-order valence-electron chi connectivity index (χ0n) is 12.8. The lowest BCUT2D eigenvalue weighted by molar-refractivity contribution is 0.102. The van der Waals surface area contributed by atoms with Crippen molar-refractivity contribution in [2.75, 3.05) is 5.32 Å². The van der Waals surface area contributed by atoms with Crippen molar-refractivity contribution in [3.05, 3.63) is 77.1 Å². The second-order valence-corrected chi connectivity index (χ2v) is 5.76. The van der Waals surface area contributed by atoms with Crippen LogP contribution in [-0.2, 0) is 0 Å². The third-order valence-corrected chi connectivity index (χ3v) is 3.92. The molecule has 0 radical (unpaired) electrons. The Labute approximate surface area is 148 Å². The van der Waals surface area contributed by atoms with E-state index in [0.29, 0.717) is 16.8 Å². The third kappa shape index (κ3) is 3.72. The summed E-state index contributed by atoms with van der Waals surface area (Å²) in [6, 6.07) is 14.4. The number of anilines is 1. The summed E-state index contributed by atoms with van der Waals surface area (Å²) in [5.41, 5.74) is 1.74. The van der Waals surface area contributed by atoms with Gasteiger partial charge in [-0.15, -0.1) is 0 Å². The summed E-state index contributed by atoms with van der Waals surface area (Å²) in [6.07, 6.45) is 0. The van der Waals surface area contributed by atoms with Crippen LogP contribution in [0.15, 0.2) is 60.7 Å². The Hall–Kier alpha value is -3.05. The van der Waals surface area contributed by atoms with Crippen LogP contribution in [0.3, 0.4) is 0 Å². The van der Waals surface area contributed by atoms with Crippen molar-refractivity contribution in [2.45, 2.75) is 0 Å². The lowest BCUT2D eigenvalue weighted by atomic mass is 10.0. The smallest absolute Gasteiger partial charge is 0.257 e. The lowest BCUT2D eigenvalue weighted by Crippen LogP contribution is -2.12. The van der Waals surface area contributed by atoms with E-state index >= 15 is 0 Å². The second-order valence-electron chi connectivity index (χ2n) is 5.36. The molecule has 1 amide bonds. The summed E-state index contributed by atoms with van der Waals surface area (Å²) in [5, 5.41) is 22.1. The fraction of sp³-hybridized carbons (Fsp3) is 0. The van der Waals surface area contributed by atoms with E-state index in [1.165, 1.54) is 30.3 Å². The van der Waals surface area contributed by atoms with Gasteiger partial charge in [-0.1, -0.05) is 23.7 Å². The predicted molar refractivity (Wildman–Crippen MR) is 94.6 cm³/mol. The summed E-state index contributed by atoms with van der Waals surface area (Å²) in [6.45, 7) is 0. The van der Waals surface area contributed by atoms with E-state index in [2.05, 4.69) is 5.32 Å². The van der Waals surface area contributed by atoms with Crippen molar-refractivity contribution in [2.24, 2.45) is 0 Å². The number of amides is 1. The second kappa shape index (κ2) is 6.83. The molecule has 4 nitrogen and oxygen atoms in total. The Kier molecular flexibility index (Phi) is 4.59. The molecule has 0 saturated carbocycles. The number of hydrogen-bond donors (Lipinski definition) is 3.